The number of anilines is 1. The standard InChI is InChI=1S/C24H31N3O4S/c1-5-31-21-10-12-22(13-11-21)32(29,30)27-19-8-6-18(7-9-19)23(28)26-25-20-14-17(2)15-24(3,4)16-20/h6-13,17,27H,5,14-16H2,1-4H3,(H,26,28)/b25-20+. The van der Waals surface area contributed by atoms with Crippen molar-refractivity contribution >= 4 is 27.3 Å². The fourth-order valence-electron chi connectivity index (χ4n) is 4.18. The summed E-state index contributed by atoms with van der Waals surface area (Å²) in [5.41, 5.74) is 4.59. The molecule has 0 radical (unpaired) electrons. The van der Waals surface area contributed by atoms with Crippen molar-refractivity contribution in [1.29, 1.82) is 0 Å². The molecule has 0 aromatic heterocycles. The number of nitrogens with one attached hydrogen (secondary N) is 2. The zero-order valence-electron chi connectivity index (χ0n) is 19.0. The predicted octanol–water partition coefficient (Wildman–Crippen LogP) is 4.82. The fraction of sp³-hybridized carbons (Fsp3) is 0.417. The molecule has 172 valence electrons. The van der Waals surface area contributed by atoms with Crippen molar-refractivity contribution in [2.45, 2.75) is 51.9 Å². The van der Waals surface area contributed by atoms with Gasteiger partial charge in [0.2, 0.25) is 0 Å². The molecule has 1 unspecified atom stereocenters. The molecule has 1 amide bonds. The summed E-state index contributed by atoms with van der Waals surface area (Å²) in [7, 11) is -3.75. The Bertz CT molecular complexity index is 1080. The molecule has 32 heavy (non-hydrogen) atoms. The second-order valence-corrected chi connectivity index (χ2v) is 10.7. The maximum Gasteiger partial charge on any atom is 0.271 e. The first-order valence-corrected chi connectivity index (χ1v) is 12.3. The Labute approximate surface area is 190 Å². The largest absolute Gasteiger partial charge is 0.494 e. The van der Waals surface area contributed by atoms with Gasteiger partial charge < -0.3 is 4.74 Å². The highest BCUT2D eigenvalue weighted by Crippen LogP contribution is 2.36. The Kier molecular flexibility index (Phi) is 7.23. The number of carbonyl (C=O) groups is 1. The van der Waals surface area contributed by atoms with Gasteiger partial charge in [-0.15, -0.1) is 0 Å². The molecule has 0 spiro atoms. The van der Waals surface area contributed by atoms with Gasteiger partial charge in [0, 0.05) is 17.0 Å². The van der Waals surface area contributed by atoms with Crippen molar-refractivity contribution in [3.05, 3.63) is 54.1 Å². The maximum atomic E-state index is 12.6. The van der Waals surface area contributed by atoms with Crippen molar-refractivity contribution in [2.75, 3.05) is 11.3 Å². The summed E-state index contributed by atoms with van der Waals surface area (Å²) in [5.74, 6) is 0.822. The normalized spacial score (nSPS) is 19.4. The van der Waals surface area contributed by atoms with Crippen LogP contribution in [0.25, 0.3) is 0 Å². The number of ether oxygens (including phenoxy) is 1. The molecular weight excluding hydrogens is 426 g/mol. The van der Waals surface area contributed by atoms with E-state index in [1.54, 1.807) is 36.4 Å². The average molecular weight is 458 g/mol. The maximum absolute atomic E-state index is 12.6. The van der Waals surface area contributed by atoms with Gasteiger partial charge in [-0.2, -0.15) is 5.10 Å². The molecule has 0 heterocycles. The van der Waals surface area contributed by atoms with Gasteiger partial charge in [-0.3, -0.25) is 9.52 Å². The Balaban J connectivity index is 1.63. The predicted molar refractivity (Wildman–Crippen MR) is 127 cm³/mol. The van der Waals surface area contributed by atoms with Crippen LogP contribution >= 0.6 is 0 Å². The Hall–Kier alpha value is -2.87. The minimum Gasteiger partial charge on any atom is -0.494 e. The molecule has 1 aliphatic rings. The van der Waals surface area contributed by atoms with Crippen molar-refractivity contribution in [3.8, 4) is 5.75 Å². The second-order valence-electron chi connectivity index (χ2n) is 9.06. The number of hydrazone groups is 1. The topological polar surface area (TPSA) is 96.9 Å². The number of nitrogens with zero attached hydrogens (tertiary/aromatic N) is 1. The first-order chi connectivity index (χ1) is 15.1. The van der Waals surface area contributed by atoms with E-state index in [1.807, 2.05) is 6.92 Å². The molecule has 1 atom stereocenters. The minimum atomic E-state index is -3.75. The monoisotopic (exact) mass is 457 g/mol. The van der Waals surface area contributed by atoms with E-state index >= 15 is 0 Å². The highest BCUT2D eigenvalue weighted by Gasteiger charge is 2.29. The van der Waals surface area contributed by atoms with Crippen LogP contribution in [0.15, 0.2) is 58.5 Å². The lowest BCUT2D eigenvalue weighted by molar-refractivity contribution is 0.0954. The molecule has 1 aliphatic carbocycles. The van der Waals surface area contributed by atoms with Crippen LogP contribution in [0.2, 0.25) is 0 Å². The number of benzene rings is 2. The minimum absolute atomic E-state index is 0.128. The van der Waals surface area contributed by atoms with E-state index in [9.17, 15) is 13.2 Å². The van der Waals surface area contributed by atoms with Gasteiger partial charge >= 0.3 is 0 Å². The van der Waals surface area contributed by atoms with Crippen molar-refractivity contribution in [2.24, 2.45) is 16.4 Å². The van der Waals surface area contributed by atoms with Gasteiger partial charge in [-0.1, -0.05) is 20.8 Å². The molecule has 0 aliphatic heterocycles. The molecule has 0 bridgehead atoms. The molecular formula is C24H31N3O4S. The number of carbonyl (C=O) groups excluding carboxylic acids is 1. The summed E-state index contributed by atoms with van der Waals surface area (Å²) < 4.78 is 33.1. The summed E-state index contributed by atoms with van der Waals surface area (Å²) in [5, 5.41) is 4.34. The zero-order chi connectivity index (χ0) is 23.4. The van der Waals surface area contributed by atoms with E-state index in [2.05, 4.69) is 36.0 Å². The van der Waals surface area contributed by atoms with E-state index in [0.29, 0.717) is 29.5 Å². The molecule has 2 aromatic carbocycles. The van der Waals surface area contributed by atoms with Gasteiger partial charge in [-0.25, -0.2) is 13.8 Å². The lowest BCUT2D eigenvalue weighted by atomic mass is 9.72. The van der Waals surface area contributed by atoms with Crippen LogP contribution in [0, 0.1) is 11.3 Å². The summed E-state index contributed by atoms with van der Waals surface area (Å²) in [6, 6.07) is 12.4. The summed E-state index contributed by atoms with van der Waals surface area (Å²) >= 11 is 0. The van der Waals surface area contributed by atoms with Crippen LogP contribution in [0.1, 0.15) is 57.3 Å². The van der Waals surface area contributed by atoms with E-state index in [0.717, 1.165) is 25.0 Å². The molecule has 2 N–H and O–H groups in total. The van der Waals surface area contributed by atoms with Crippen LogP contribution in [0.3, 0.4) is 0 Å². The van der Waals surface area contributed by atoms with Gasteiger partial charge in [0.05, 0.1) is 11.5 Å². The lowest BCUT2D eigenvalue weighted by Gasteiger charge is -2.34. The van der Waals surface area contributed by atoms with E-state index in [4.69, 9.17) is 4.74 Å². The highest BCUT2D eigenvalue weighted by atomic mass is 32.2. The smallest absolute Gasteiger partial charge is 0.271 e. The fourth-order valence-corrected chi connectivity index (χ4v) is 5.24. The third-order valence-electron chi connectivity index (χ3n) is 5.33. The number of sulfonamides is 1. The quantitative estimate of drug-likeness (QED) is 0.583. The highest BCUT2D eigenvalue weighted by molar-refractivity contribution is 7.92. The van der Waals surface area contributed by atoms with Crippen molar-refractivity contribution < 1.29 is 17.9 Å². The molecule has 3 rings (SSSR count). The number of hydrogen-bond acceptors (Lipinski definition) is 5. The molecule has 7 nitrogen and oxygen atoms in total. The first kappa shape index (κ1) is 23.8. The zero-order valence-corrected chi connectivity index (χ0v) is 19.8. The van der Waals surface area contributed by atoms with Gasteiger partial charge in [0.15, 0.2) is 0 Å². The summed E-state index contributed by atoms with van der Waals surface area (Å²) in [4.78, 5) is 12.6. The molecule has 2 aromatic rings. The first-order valence-electron chi connectivity index (χ1n) is 10.8. The van der Waals surface area contributed by atoms with Crippen LogP contribution < -0.4 is 14.9 Å². The second kappa shape index (κ2) is 9.73. The van der Waals surface area contributed by atoms with Crippen LogP contribution in [-0.4, -0.2) is 26.6 Å². The van der Waals surface area contributed by atoms with E-state index < -0.39 is 10.0 Å². The third-order valence-corrected chi connectivity index (χ3v) is 6.72. The SMILES string of the molecule is CCOc1ccc(S(=O)(=O)Nc2ccc(C(=O)N/N=C3\CC(C)CC(C)(C)C3)cc2)cc1. The lowest BCUT2D eigenvalue weighted by Crippen LogP contribution is -2.30. The van der Waals surface area contributed by atoms with Gasteiger partial charge in [0.1, 0.15) is 5.75 Å². The van der Waals surface area contributed by atoms with E-state index in [1.165, 1.54) is 12.1 Å². The number of rotatable bonds is 7. The van der Waals surface area contributed by atoms with E-state index in [-0.39, 0.29) is 16.2 Å². The number of amides is 1. The van der Waals surface area contributed by atoms with Crippen molar-refractivity contribution in [1.82, 2.24) is 5.43 Å². The Morgan fingerprint density at radius 2 is 1.78 bits per heavy atom. The summed E-state index contributed by atoms with van der Waals surface area (Å²) in [6.07, 6.45) is 2.90. The summed E-state index contributed by atoms with van der Waals surface area (Å²) in [6.45, 7) is 9.00. The average Bonchev–Trinajstić information content (AvgIpc) is 2.71. The van der Waals surface area contributed by atoms with Crippen LogP contribution in [0.5, 0.6) is 5.75 Å². The molecule has 8 heteroatoms. The molecule has 0 saturated heterocycles. The third kappa shape index (κ3) is 6.32. The molecule has 1 fully saturated rings. The van der Waals surface area contributed by atoms with Crippen molar-refractivity contribution in [3.63, 3.8) is 0 Å². The van der Waals surface area contributed by atoms with Crippen LogP contribution in [-0.2, 0) is 10.0 Å². The molecule has 1 saturated carbocycles. The van der Waals surface area contributed by atoms with Gasteiger partial charge in [0.25, 0.3) is 15.9 Å². The Morgan fingerprint density at radius 3 is 2.38 bits per heavy atom. The van der Waals surface area contributed by atoms with Crippen LogP contribution in [0.4, 0.5) is 5.69 Å². The van der Waals surface area contributed by atoms with Gasteiger partial charge in [-0.05, 0) is 86.1 Å². The number of hydrogen-bond donors (Lipinski definition) is 2. The Morgan fingerprint density at radius 1 is 1.12 bits per heavy atom.